The maximum atomic E-state index is 9.39. The Hall–Kier alpha value is -0.0800. The Morgan fingerprint density at radius 3 is 2.00 bits per heavy atom. The van der Waals surface area contributed by atoms with Gasteiger partial charge in [0, 0.05) is 5.41 Å². The minimum atomic E-state index is -0.242. The second kappa shape index (κ2) is 8.12. The highest BCUT2D eigenvalue weighted by molar-refractivity contribution is 4.79. The first-order valence-corrected chi connectivity index (χ1v) is 6.39. The van der Waals surface area contributed by atoms with Crippen molar-refractivity contribution in [1.29, 1.82) is 0 Å². The van der Waals surface area contributed by atoms with Gasteiger partial charge in [-0.05, 0) is 18.8 Å². The first-order chi connectivity index (χ1) is 7.17. The molecule has 2 N–H and O–H groups in total. The van der Waals surface area contributed by atoms with Gasteiger partial charge in [0.2, 0.25) is 0 Å². The summed E-state index contributed by atoms with van der Waals surface area (Å²) in [6.07, 6.45) is 6.70. The smallest absolute Gasteiger partial charge is 0.0509 e. The molecule has 0 aliphatic heterocycles. The highest BCUT2D eigenvalue weighted by Crippen LogP contribution is 2.33. The van der Waals surface area contributed by atoms with E-state index in [2.05, 4.69) is 20.8 Å². The molecule has 92 valence electrons. The maximum absolute atomic E-state index is 9.39. The molecule has 1 unspecified atom stereocenters. The van der Waals surface area contributed by atoms with Crippen molar-refractivity contribution in [2.75, 3.05) is 13.2 Å². The third kappa shape index (κ3) is 4.98. The van der Waals surface area contributed by atoms with E-state index >= 15 is 0 Å². The minimum Gasteiger partial charge on any atom is -0.396 e. The van der Waals surface area contributed by atoms with Crippen LogP contribution >= 0.6 is 0 Å². The second-order valence-corrected chi connectivity index (χ2v) is 4.79. The Morgan fingerprint density at radius 2 is 1.67 bits per heavy atom. The largest absolute Gasteiger partial charge is 0.396 e. The molecule has 0 radical (unpaired) electrons. The Labute approximate surface area is 94.7 Å². The van der Waals surface area contributed by atoms with E-state index in [1.54, 1.807) is 0 Å². The van der Waals surface area contributed by atoms with E-state index in [-0.39, 0.29) is 18.6 Å². The van der Waals surface area contributed by atoms with Crippen molar-refractivity contribution >= 4 is 0 Å². The molecule has 0 aromatic rings. The van der Waals surface area contributed by atoms with Crippen LogP contribution in [0.15, 0.2) is 0 Å². The van der Waals surface area contributed by atoms with Crippen molar-refractivity contribution in [3.05, 3.63) is 0 Å². The van der Waals surface area contributed by atoms with Crippen LogP contribution < -0.4 is 0 Å². The summed E-state index contributed by atoms with van der Waals surface area (Å²) in [5.74, 6) is 0.657. The van der Waals surface area contributed by atoms with E-state index in [0.29, 0.717) is 5.92 Å². The summed E-state index contributed by atoms with van der Waals surface area (Å²) in [6.45, 7) is 6.69. The van der Waals surface area contributed by atoms with Crippen molar-refractivity contribution in [3.63, 3.8) is 0 Å². The van der Waals surface area contributed by atoms with Crippen LogP contribution in [-0.2, 0) is 0 Å². The molecule has 0 aliphatic rings. The molecular formula is C13H28O2. The van der Waals surface area contributed by atoms with Gasteiger partial charge in [0.15, 0.2) is 0 Å². The third-order valence-corrected chi connectivity index (χ3v) is 3.69. The van der Waals surface area contributed by atoms with Gasteiger partial charge in [0.05, 0.1) is 13.2 Å². The van der Waals surface area contributed by atoms with Gasteiger partial charge >= 0.3 is 0 Å². The van der Waals surface area contributed by atoms with Gasteiger partial charge in [-0.25, -0.2) is 0 Å². The number of unbranched alkanes of at least 4 members (excludes halogenated alkanes) is 1. The fourth-order valence-electron chi connectivity index (χ4n) is 2.10. The lowest BCUT2D eigenvalue weighted by atomic mass is 9.76. The second-order valence-electron chi connectivity index (χ2n) is 4.79. The van der Waals surface area contributed by atoms with Crippen LogP contribution in [0.5, 0.6) is 0 Å². The number of aliphatic hydroxyl groups is 2. The molecule has 0 rings (SSSR count). The quantitative estimate of drug-likeness (QED) is 0.622. The Balaban J connectivity index is 4.21. The summed E-state index contributed by atoms with van der Waals surface area (Å²) in [4.78, 5) is 0. The Kier molecular flexibility index (Phi) is 8.07. The average Bonchev–Trinajstić information content (AvgIpc) is 2.30. The molecule has 0 bridgehead atoms. The fraction of sp³-hybridized carbons (Fsp3) is 1.00. The molecular weight excluding hydrogens is 188 g/mol. The Bertz CT molecular complexity index is 133. The highest BCUT2D eigenvalue weighted by Gasteiger charge is 2.29. The monoisotopic (exact) mass is 216 g/mol. The van der Waals surface area contributed by atoms with Crippen LogP contribution in [0.1, 0.15) is 59.3 Å². The van der Waals surface area contributed by atoms with Crippen LogP contribution in [0.25, 0.3) is 0 Å². The van der Waals surface area contributed by atoms with Gasteiger partial charge in [-0.1, -0.05) is 46.5 Å². The van der Waals surface area contributed by atoms with Crippen LogP contribution in [0, 0.1) is 11.3 Å². The van der Waals surface area contributed by atoms with Crippen molar-refractivity contribution < 1.29 is 10.2 Å². The zero-order chi connectivity index (χ0) is 11.7. The van der Waals surface area contributed by atoms with Crippen LogP contribution in [0.4, 0.5) is 0 Å². The molecule has 0 heterocycles. The van der Waals surface area contributed by atoms with E-state index < -0.39 is 0 Å². The van der Waals surface area contributed by atoms with Gasteiger partial charge in [0.1, 0.15) is 0 Å². The first-order valence-electron chi connectivity index (χ1n) is 6.39. The summed E-state index contributed by atoms with van der Waals surface area (Å²) in [7, 11) is 0. The van der Waals surface area contributed by atoms with E-state index in [1.165, 1.54) is 19.3 Å². The summed E-state index contributed by atoms with van der Waals surface area (Å²) >= 11 is 0. The predicted octanol–water partition coefficient (Wildman–Crippen LogP) is 2.97. The lowest BCUT2D eigenvalue weighted by molar-refractivity contribution is 0.0278. The summed E-state index contributed by atoms with van der Waals surface area (Å²) < 4.78 is 0. The lowest BCUT2D eigenvalue weighted by Gasteiger charge is -2.32. The van der Waals surface area contributed by atoms with Gasteiger partial charge in [-0.15, -0.1) is 0 Å². The molecule has 0 spiro atoms. The molecule has 2 heteroatoms. The number of aliphatic hydroxyl groups excluding tert-OH is 2. The minimum absolute atomic E-state index is 0.114. The molecule has 1 atom stereocenters. The van der Waals surface area contributed by atoms with E-state index in [4.69, 9.17) is 0 Å². The number of hydrogen-bond donors (Lipinski definition) is 2. The molecule has 0 aliphatic carbocycles. The number of rotatable bonds is 9. The van der Waals surface area contributed by atoms with Crippen molar-refractivity contribution in [1.82, 2.24) is 0 Å². The van der Waals surface area contributed by atoms with Crippen molar-refractivity contribution in [3.8, 4) is 0 Å². The van der Waals surface area contributed by atoms with Gasteiger partial charge < -0.3 is 10.2 Å². The molecule has 2 nitrogen and oxygen atoms in total. The predicted molar refractivity (Wildman–Crippen MR) is 64.8 cm³/mol. The third-order valence-electron chi connectivity index (χ3n) is 3.69. The summed E-state index contributed by atoms with van der Waals surface area (Å²) in [6, 6.07) is 0. The van der Waals surface area contributed by atoms with Gasteiger partial charge in [0.25, 0.3) is 0 Å². The Morgan fingerprint density at radius 1 is 1.07 bits per heavy atom. The molecule has 0 aromatic heterocycles. The van der Waals surface area contributed by atoms with Gasteiger partial charge in [-0.2, -0.15) is 0 Å². The van der Waals surface area contributed by atoms with E-state index in [9.17, 15) is 10.2 Å². The molecule has 0 saturated heterocycles. The maximum Gasteiger partial charge on any atom is 0.0509 e. The number of hydrogen-bond acceptors (Lipinski definition) is 2. The van der Waals surface area contributed by atoms with Crippen LogP contribution in [0.2, 0.25) is 0 Å². The fourth-order valence-corrected chi connectivity index (χ4v) is 2.10. The standard InChI is InChI=1S/C13H28O2/c1-4-7-8-12(5-2)9-13(6-3,10-14)11-15/h12,14-15H,4-11H2,1-3H3. The molecule has 15 heavy (non-hydrogen) atoms. The molecule has 0 amide bonds. The SMILES string of the molecule is CCCCC(CC)CC(CC)(CO)CO. The molecule has 0 saturated carbocycles. The van der Waals surface area contributed by atoms with Crippen molar-refractivity contribution in [2.24, 2.45) is 11.3 Å². The summed E-state index contributed by atoms with van der Waals surface area (Å²) in [5.41, 5.74) is -0.242. The highest BCUT2D eigenvalue weighted by atomic mass is 16.3. The normalized spacial score (nSPS) is 14.2. The first kappa shape index (κ1) is 14.9. The van der Waals surface area contributed by atoms with Crippen LogP contribution in [0.3, 0.4) is 0 Å². The van der Waals surface area contributed by atoms with Gasteiger partial charge in [-0.3, -0.25) is 0 Å². The summed E-state index contributed by atoms with van der Waals surface area (Å²) in [5, 5.41) is 18.8. The zero-order valence-corrected chi connectivity index (χ0v) is 10.6. The zero-order valence-electron chi connectivity index (χ0n) is 10.6. The van der Waals surface area contributed by atoms with Crippen molar-refractivity contribution in [2.45, 2.75) is 59.3 Å². The molecule has 0 aromatic carbocycles. The average molecular weight is 216 g/mol. The van der Waals surface area contributed by atoms with Crippen LogP contribution in [-0.4, -0.2) is 23.4 Å². The topological polar surface area (TPSA) is 40.5 Å². The van der Waals surface area contributed by atoms with E-state index in [0.717, 1.165) is 19.3 Å². The lowest BCUT2D eigenvalue weighted by Crippen LogP contribution is -2.31. The molecule has 0 fully saturated rings. The van der Waals surface area contributed by atoms with E-state index in [1.807, 2.05) is 0 Å².